The van der Waals surface area contributed by atoms with Gasteiger partial charge in [-0.25, -0.2) is 4.98 Å². The minimum atomic E-state index is 0.345. The molecule has 1 heterocycles. The third kappa shape index (κ3) is 2.39. The maximum absolute atomic E-state index is 9.67. The average molecular weight is 270 g/mol. The molecule has 0 bridgehead atoms. The Bertz CT molecular complexity index is 688. The van der Waals surface area contributed by atoms with Crippen LogP contribution in [0.2, 0.25) is 0 Å². The second-order valence-electron chi connectivity index (χ2n) is 4.31. The van der Waals surface area contributed by atoms with E-state index in [1.54, 1.807) is 17.4 Å². The van der Waals surface area contributed by atoms with Gasteiger partial charge in [0.15, 0.2) is 5.13 Å². The van der Waals surface area contributed by atoms with Crippen LogP contribution in [0.15, 0.2) is 42.5 Å². The average Bonchev–Trinajstić information content (AvgIpc) is 2.83. The number of phenolic OH excluding ortho intramolecular Hbond substituents is 1. The van der Waals surface area contributed by atoms with Crippen molar-refractivity contribution in [1.29, 1.82) is 0 Å². The smallest absolute Gasteiger partial charge is 0.188 e. The first-order valence-electron chi connectivity index (χ1n) is 6.21. The van der Waals surface area contributed by atoms with Gasteiger partial charge in [0.1, 0.15) is 5.75 Å². The molecule has 0 aliphatic rings. The number of hydrogen-bond donors (Lipinski definition) is 2. The zero-order chi connectivity index (χ0) is 13.2. The minimum absolute atomic E-state index is 0.345. The van der Waals surface area contributed by atoms with Gasteiger partial charge in [0.05, 0.1) is 10.2 Å². The molecular formula is C15H14N2OS. The lowest BCUT2D eigenvalue weighted by Gasteiger charge is -2.06. The van der Waals surface area contributed by atoms with Gasteiger partial charge in [0.25, 0.3) is 0 Å². The van der Waals surface area contributed by atoms with Crippen molar-refractivity contribution in [2.45, 2.75) is 13.3 Å². The van der Waals surface area contributed by atoms with E-state index in [4.69, 9.17) is 0 Å². The fourth-order valence-electron chi connectivity index (χ4n) is 2.00. The summed E-state index contributed by atoms with van der Waals surface area (Å²) in [6.07, 6.45) is 0.807. The predicted molar refractivity (Wildman–Crippen MR) is 80.4 cm³/mol. The van der Waals surface area contributed by atoms with Crippen LogP contribution >= 0.6 is 11.3 Å². The van der Waals surface area contributed by atoms with E-state index in [0.717, 1.165) is 28.3 Å². The number of para-hydroxylation sites is 1. The van der Waals surface area contributed by atoms with Gasteiger partial charge in [-0.05, 0) is 42.3 Å². The molecule has 3 aromatic rings. The van der Waals surface area contributed by atoms with Crippen molar-refractivity contribution in [2.75, 3.05) is 5.32 Å². The Labute approximate surface area is 115 Å². The van der Waals surface area contributed by atoms with E-state index < -0.39 is 0 Å². The molecule has 0 aliphatic heterocycles. The van der Waals surface area contributed by atoms with Crippen molar-refractivity contribution < 1.29 is 5.11 Å². The fourth-order valence-corrected chi connectivity index (χ4v) is 2.88. The minimum Gasteiger partial charge on any atom is -0.508 e. The van der Waals surface area contributed by atoms with Gasteiger partial charge in [0, 0.05) is 5.69 Å². The van der Waals surface area contributed by atoms with E-state index in [1.807, 2.05) is 37.3 Å². The highest BCUT2D eigenvalue weighted by Gasteiger charge is 2.05. The molecule has 19 heavy (non-hydrogen) atoms. The summed E-state index contributed by atoms with van der Waals surface area (Å²) >= 11 is 1.63. The summed E-state index contributed by atoms with van der Waals surface area (Å²) in [4.78, 5) is 4.53. The van der Waals surface area contributed by atoms with Crippen LogP contribution in [0.25, 0.3) is 10.2 Å². The Kier molecular flexibility index (Phi) is 3.09. The molecule has 0 fully saturated rings. The van der Waals surface area contributed by atoms with Crippen LogP contribution in [0.3, 0.4) is 0 Å². The number of aryl methyl sites for hydroxylation is 1. The second-order valence-corrected chi connectivity index (χ2v) is 5.34. The van der Waals surface area contributed by atoms with E-state index in [1.165, 1.54) is 4.70 Å². The van der Waals surface area contributed by atoms with Gasteiger partial charge < -0.3 is 10.4 Å². The van der Waals surface area contributed by atoms with Crippen molar-refractivity contribution in [3.8, 4) is 5.75 Å². The summed E-state index contributed by atoms with van der Waals surface area (Å²) in [5, 5.41) is 13.8. The molecule has 0 atom stereocenters. The van der Waals surface area contributed by atoms with Crippen LogP contribution in [0.4, 0.5) is 10.8 Å². The first-order valence-corrected chi connectivity index (χ1v) is 7.02. The number of benzene rings is 2. The monoisotopic (exact) mass is 270 g/mol. The van der Waals surface area contributed by atoms with E-state index in [2.05, 4.69) is 16.4 Å². The van der Waals surface area contributed by atoms with Crippen molar-refractivity contribution in [2.24, 2.45) is 0 Å². The van der Waals surface area contributed by atoms with Crippen LogP contribution in [0.5, 0.6) is 5.75 Å². The summed E-state index contributed by atoms with van der Waals surface area (Å²) in [5.41, 5.74) is 2.89. The molecule has 4 heteroatoms. The molecular weight excluding hydrogens is 256 g/mol. The number of aromatic hydroxyl groups is 1. The Morgan fingerprint density at radius 1 is 1.21 bits per heavy atom. The SMILES string of the molecule is CCc1cc(Nc2nc3ccccc3s2)ccc1O. The molecule has 0 unspecified atom stereocenters. The molecule has 2 N–H and O–H groups in total. The molecule has 2 aromatic carbocycles. The van der Waals surface area contributed by atoms with Crippen molar-refractivity contribution >= 4 is 32.4 Å². The van der Waals surface area contributed by atoms with Crippen molar-refractivity contribution in [1.82, 2.24) is 4.98 Å². The van der Waals surface area contributed by atoms with E-state index in [-0.39, 0.29) is 0 Å². The molecule has 1 aromatic heterocycles. The lowest BCUT2D eigenvalue weighted by Crippen LogP contribution is -1.91. The first-order chi connectivity index (χ1) is 9.26. The normalized spacial score (nSPS) is 10.8. The molecule has 0 radical (unpaired) electrons. The van der Waals surface area contributed by atoms with E-state index >= 15 is 0 Å². The number of fused-ring (bicyclic) bond motifs is 1. The number of hydrogen-bond acceptors (Lipinski definition) is 4. The zero-order valence-corrected chi connectivity index (χ0v) is 11.4. The summed E-state index contributed by atoms with van der Waals surface area (Å²) in [5.74, 6) is 0.345. The molecule has 0 spiro atoms. The maximum atomic E-state index is 9.67. The molecule has 3 rings (SSSR count). The van der Waals surface area contributed by atoms with Gasteiger partial charge in [0.2, 0.25) is 0 Å². The summed E-state index contributed by atoms with van der Waals surface area (Å²) in [7, 11) is 0. The third-order valence-corrected chi connectivity index (χ3v) is 3.96. The van der Waals surface area contributed by atoms with Gasteiger partial charge in [-0.15, -0.1) is 0 Å². The fraction of sp³-hybridized carbons (Fsp3) is 0.133. The van der Waals surface area contributed by atoms with Crippen LogP contribution in [-0.4, -0.2) is 10.1 Å². The Hall–Kier alpha value is -2.07. The van der Waals surface area contributed by atoms with Crippen molar-refractivity contribution in [3.63, 3.8) is 0 Å². The van der Waals surface area contributed by atoms with Crippen LogP contribution in [-0.2, 0) is 6.42 Å². The van der Waals surface area contributed by atoms with Gasteiger partial charge in [-0.2, -0.15) is 0 Å². The van der Waals surface area contributed by atoms with Crippen LogP contribution in [0, 0.1) is 0 Å². The number of phenols is 1. The maximum Gasteiger partial charge on any atom is 0.188 e. The second kappa shape index (κ2) is 4.90. The highest BCUT2D eigenvalue weighted by atomic mass is 32.1. The number of nitrogens with one attached hydrogen (secondary N) is 1. The summed E-state index contributed by atoms with van der Waals surface area (Å²) in [6, 6.07) is 13.6. The third-order valence-electron chi connectivity index (χ3n) is 3.01. The zero-order valence-electron chi connectivity index (χ0n) is 10.6. The summed E-state index contributed by atoms with van der Waals surface area (Å²) < 4.78 is 1.17. The van der Waals surface area contributed by atoms with Crippen LogP contribution < -0.4 is 5.32 Å². The van der Waals surface area contributed by atoms with Gasteiger partial charge >= 0.3 is 0 Å². The molecule has 0 amide bonds. The standard InChI is InChI=1S/C15H14N2OS/c1-2-10-9-11(7-8-13(10)18)16-15-17-12-5-3-4-6-14(12)19-15/h3-9,18H,2H2,1H3,(H,16,17). The lowest BCUT2D eigenvalue weighted by atomic mass is 10.1. The van der Waals surface area contributed by atoms with Gasteiger partial charge in [-0.3, -0.25) is 0 Å². The highest BCUT2D eigenvalue weighted by Crippen LogP contribution is 2.29. The lowest BCUT2D eigenvalue weighted by molar-refractivity contribution is 0.469. The molecule has 0 saturated heterocycles. The van der Waals surface area contributed by atoms with Crippen LogP contribution in [0.1, 0.15) is 12.5 Å². The Morgan fingerprint density at radius 2 is 2.05 bits per heavy atom. The molecule has 96 valence electrons. The predicted octanol–water partition coefficient (Wildman–Crippen LogP) is 4.31. The quantitative estimate of drug-likeness (QED) is 0.697. The summed E-state index contributed by atoms with van der Waals surface area (Å²) in [6.45, 7) is 2.02. The Morgan fingerprint density at radius 3 is 2.84 bits per heavy atom. The number of thiazole rings is 1. The largest absolute Gasteiger partial charge is 0.508 e. The molecule has 0 saturated carbocycles. The molecule has 0 aliphatic carbocycles. The molecule has 3 nitrogen and oxygen atoms in total. The van der Waals surface area contributed by atoms with Gasteiger partial charge in [-0.1, -0.05) is 30.4 Å². The first kappa shape index (κ1) is 12.0. The van der Waals surface area contributed by atoms with E-state index in [9.17, 15) is 5.11 Å². The topological polar surface area (TPSA) is 45.2 Å². The number of rotatable bonds is 3. The van der Waals surface area contributed by atoms with E-state index in [0.29, 0.717) is 5.75 Å². The number of nitrogens with zero attached hydrogens (tertiary/aromatic N) is 1. The Balaban J connectivity index is 1.92. The highest BCUT2D eigenvalue weighted by molar-refractivity contribution is 7.22. The van der Waals surface area contributed by atoms with Crippen molar-refractivity contribution in [3.05, 3.63) is 48.0 Å². The number of anilines is 2. The number of aromatic nitrogens is 1.